The fourth-order valence-corrected chi connectivity index (χ4v) is 2.82. The molecule has 3 aromatic rings. The summed E-state index contributed by atoms with van der Waals surface area (Å²) in [6, 6.07) is 1.56. The number of anilines is 2. The number of hydrogen-bond donors (Lipinski definition) is 3. The van der Waals surface area contributed by atoms with Gasteiger partial charge in [-0.2, -0.15) is 10.1 Å². The van der Waals surface area contributed by atoms with Crippen LogP contribution in [0.25, 0.3) is 11.2 Å². The third-order valence-corrected chi connectivity index (χ3v) is 3.99. The monoisotopic (exact) mass is 329 g/mol. The first kappa shape index (κ1) is 14.6. The minimum atomic E-state index is -0.378. The molecule has 0 aliphatic carbocycles. The van der Waals surface area contributed by atoms with Gasteiger partial charge >= 0.3 is 5.69 Å². The standard InChI is InChI=1S/C14H15N7O3/c22-12-9(1-4-16-20-12)17-13-15-7-10-11(19-13)21(14(23)18-10)8-2-5-24-6-3-8/h1,4,7-8H,2-3,5-6H2,(H,18,23)(H,20,22)(H,15,16,17,19). The summed E-state index contributed by atoms with van der Waals surface area (Å²) in [4.78, 5) is 35.3. The molecule has 124 valence electrons. The molecule has 3 N–H and O–H groups in total. The van der Waals surface area contributed by atoms with Crippen molar-refractivity contribution in [2.24, 2.45) is 0 Å². The van der Waals surface area contributed by atoms with Crippen molar-refractivity contribution < 1.29 is 4.74 Å². The Labute approximate surface area is 134 Å². The largest absolute Gasteiger partial charge is 0.381 e. The number of hydrogen-bond acceptors (Lipinski definition) is 7. The van der Waals surface area contributed by atoms with E-state index in [2.05, 4.69) is 30.5 Å². The molecule has 0 radical (unpaired) electrons. The van der Waals surface area contributed by atoms with E-state index in [1.54, 1.807) is 4.57 Å². The second kappa shape index (κ2) is 5.89. The Morgan fingerprint density at radius 3 is 2.92 bits per heavy atom. The van der Waals surface area contributed by atoms with E-state index >= 15 is 0 Å². The van der Waals surface area contributed by atoms with Gasteiger partial charge in [-0.25, -0.2) is 14.9 Å². The van der Waals surface area contributed by atoms with Crippen LogP contribution in [-0.2, 0) is 4.74 Å². The van der Waals surface area contributed by atoms with Gasteiger partial charge in [0.05, 0.1) is 6.20 Å². The van der Waals surface area contributed by atoms with Gasteiger partial charge in [0.2, 0.25) is 5.95 Å². The first-order valence-corrected chi connectivity index (χ1v) is 7.58. The number of nitrogens with zero attached hydrogens (tertiary/aromatic N) is 4. The Morgan fingerprint density at radius 2 is 2.12 bits per heavy atom. The van der Waals surface area contributed by atoms with Gasteiger partial charge in [0.15, 0.2) is 5.65 Å². The SMILES string of the molecule is O=c1[nH]nccc1Nc1ncc2[nH]c(=O)n(C3CCOCC3)c2n1. The molecule has 1 saturated heterocycles. The molecule has 0 atom stereocenters. The van der Waals surface area contributed by atoms with Gasteiger partial charge in [-0.05, 0) is 18.9 Å². The summed E-state index contributed by atoms with van der Waals surface area (Å²) in [5, 5.41) is 8.80. The molecule has 24 heavy (non-hydrogen) atoms. The molecule has 0 unspecified atom stereocenters. The Kier molecular flexibility index (Phi) is 3.58. The predicted octanol–water partition coefficient (Wildman–Crippen LogP) is 0.298. The molecular weight excluding hydrogens is 314 g/mol. The zero-order valence-electron chi connectivity index (χ0n) is 12.7. The van der Waals surface area contributed by atoms with Gasteiger partial charge < -0.3 is 15.0 Å². The summed E-state index contributed by atoms with van der Waals surface area (Å²) in [5.74, 6) is 0.235. The molecule has 1 fully saturated rings. The van der Waals surface area contributed by atoms with Gasteiger partial charge in [0, 0.05) is 25.5 Å². The van der Waals surface area contributed by atoms with Crippen molar-refractivity contribution in [3.8, 4) is 0 Å². The average Bonchev–Trinajstić information content (AvgIpc) is 2.93. The van der Waals surface area contributed by atoms with E-state index in [0.717, 1.165) is 12.8 Å². The molecule has 10 heteroatoms. The summed E-state index contributed by atoms with van der Waals surface area (Å²) in [6.07, 6.45) is 4.49. The lowest BCUT2D eigenvalue weighted by Crippen LogP contribution is -2.27. The molecule has 0 spiro atoms. The lowest BCUT2D eigenvalue weighted by atomic mass is 10.1. The molecule has 0 aromatic carbocycles. The molecule has 3 aromatic heterocycles. The first-order valence-electron chi connectivity index (χ1n) is 7.58. The molecule has 1 aliphatic rings. The van der Waals surface area contributed by atoms with Crippen LogP contribution < -0.4 is 16.6 Å². The maximum absolute atomic E-state index is 12.3. The quantitative estimate of drug-likeness (QED) is 0.630. The van der Waals surface area contributed by atoms with Crippen LogP contribution in [0.5, 0.6) is 0 Å². The predicted molar refractivity (Wildman–Crippen MR) is 85.4 cm³/mol. The van der Waals surface area contributed by atoms with Gasteiger partial charge in [0.25, 0.3) is 5.56 Å². The highest BCUT2D eigenvalue weighted by Gasteiger charge is 2.21. The number of fused-ring (bicyclic) bond motifs is 1. The molecule has 1 aliphatic heterocycles. The highest BCUT2D eigenvalue weighted by molar-refractivity contribution is 5.71. The summed E-state index contributed by atoms with van der Waals surface area (Å²) in [6.45, 7) is 1.23. The van der Waals surface area contributed by atoms with Crippen LogP contribution in [0.4, 0.5) is 11.6 Å². The van der Waals surface area contributed by atoms with E-state index in [-0.39, 0.29) is 28.9 Å². The van der Waals surface area contributed by atoms with E-state index < -0.39 is 0 Å². The normalized spacial score (nSPS) is 15.7. The summed E-state index contributed by atoms with van der Waals surface area (Å²) < 4.78 is 6.99. The molecule has 0 amide bonds. The number of aromatic nitrogens is 6. The lowest BCUT2D eigenvalue weighted by molar-refractivity contribution is 0.0697. The topological polar surface area (TPSA) is 131 Å². The van der Waals surface area contributed by atoms with Gasteiger partial charge in [-0.3, -0.25) is 9.36 Å². The zero-order chi connectivity index (χ0) is 16.5. The van der Waals surface area contributed by atoms with Crippen molar-refractivity contribution in [1.29, 1.82) is 0 Å². The van der Waals surface area contributed by atoms with Crippen LogP contribution in [0, 0.1) is 0 Å². The van der Waals surface area contributed by atoms with Crippen molar-refractivity contribution in [3.05, 3.63) is 39.3 Å². The number of H-pyrrole nitrogens is 2. The second-order valence-corrected chi connectivity index (χ2v) is 5.50. The maximum atomic E-state index is 12.3. The molecule has 0 bridgehead atoms. The highest BCUT2D eigenvalue weighted by atomic mass is 16.5. The number of ether oxygens (including phenoxy) is 1. The molecule has 4 rings (SSSR count). The fourth-order valence-electron chi connectivity index (χ4n) is 2.82. The number of imidazole rings is 1. The third-order valence-electron chi connectivity index (χ3n) is 3.99. The minimum absolute atomic E-state index is 0.0343. The van der Waals surface area contributed by atoms with Crippen LogP contribution in [0.1, 0.15) is 18.9 Å². The van der Waals surface area contributed by atoms with E-state index in [9.17, 15) is 9.59 Å². The molecule has 10 nitrogen and oxygen atoms in total. The molecule has 0 saturated carbocycles. The first-order chi connectivity index (χ1) is 11.7. The van der Waals surface area contributed by atoms with E-state index in [4.69, 9.17) is 4.74 Å². The van der Waals surface area contributed by atoms with E-state index in [0.29, 0.717) is 24.4 Å². The average molecular weight is 329 g/mol. The van der Waals surface area contributed by atoms with Gasteiger partial charge in [-0.1, -0.05) is 0 Å². The smallest absolute Gasteiger partial charge is 0.327 e. The maximum Gasteiger partial charge on any atom is 0.327 e. The molecular formula is C14H15N7O3. The number of rotatable bonds is 3. The van der Waals surface area contributed by atoms with Crippen LogP contribution in [0.2, 0.25) is 0 Å². The number of nitrogens with one attached hydrogen (secondary N) is 3. The van der Waals surface area contributed by atoms with E-state index in [1.807, 2.05) is 0 Å². The summed E-state index contributed by atoms with van der Waals surface area (Å²) in [5.41, 5.74) is 0.748. The minimum Gasteiger partial charge on any atom is -0.381 e. The van der Waals surface area contributed by atoms with Crippen molar-refractivity contribution in [3.63, 3.8) is 0 Å². The van der Waals surface area contributed by atoms with Crippen LogP contribution >= 0.6 is 0 Å². The zero-order valence-corrected chi connectivity index (χ0v) is 12.7. The van der Waals surface area contributed by atoms with E-state index in [1.165, 1.54) is 18.5 Å². The lowest BCUT2D eigenvalue weighted by Gasteiger charge is -2.22. The summed E-state index contributed by atoms with van der Waals surface area (Å²) in [7, 11) is 0. The van der Waals surface area contributed by atoms with Crippen LogP contribution in [0.15, 0.2) is 28.0 Å². The van der Waals surface area contributed by atoms with Crippen LogP contribution in [-0.4, -0.2) is 42.9 Å². The van der Waals surface area contributed by atoms with Gasteiger partial charge in [-0.15, -0.1) is 0 Å². The summed E-state index contributed by atoms with van der Waals surface area (Å²) >= 11 is 0. The van der Waals surface area contributed by atoms with Crippen molar-refractivity contribution in [1.82, 2.24) is 29.7 Å². The third kappa shape index (κ3) is 2.56. The Morgan fingerprint density at radius 1 is 1.29 bits per heavy atom. The van der Waals surface area contributed by atoms with Crippen molar-refractivity contribution >= 4 is 22.8 Å². The Bertz CT molecular complexity index is 984. The van der Waals surface area contributed by atoms with Crippen LogP contribution in [0.3, 0.4) is 0 Å². The highest BCUT2D eigenvalue weighted by Crippen LogP contribution is 2.23. The van der Waals surface area contributed by atoms with Crippen molar-refractivity contribution in [2.45, 2.75) is 18.9 Å². The molecule has 4 heterocycles. The van der Waals surface area contributed by atoms with Crippen molar-refractivity contribution in [2.75, 3.05) is 18.5 Å². The Hall–Kier alpha value is -3.01. The fraction of sp³-hybridized carbons (Fsp3) is 0.357. The number of aromatic amines is 2. The second-order valence-electron chi connectivity index (χ2n) is 5.50. The van der Waals surface area contributed by atoms with Gasteiger partial charge in [0.1, 0.15) is 11.2 Å². The Balaban J connectivity index is 1.75.